The van der Waals surface area contributed by atoms with Gasteiger partial charge in [-0.05, 0) is 30.4 Å². The zero-order valence-corrected chi connectivity index (χ0v) is 11.4. The number of halogens is 2. The summed E-state index contributed by atoms with van der Waals surface area (Å²) in [6, 6.07) is 4.26. The fraction of sp³-hybridized carbons (Fsp3) is 0.500. The zero-order chi connectivity index (χ0) is 10.7. The first-order valence-corrected chi connectivity index (χ1v) is 5.43. The molecule has 17 heavy (non-hydrogen) atoms. The van der Waals surface area contributed by atoms with Gasteiger partial charge in [-0.2, -0.15) is 5.26 Å². The van der Waals surface area contributed by atoms with Gasteiger partial charge in [-0.1, -0.05) is 12.8 Å². The van der Waals surface area contributed by atoms with Crippen LogP contribution < -0.4 is 5.32 Å². The first-order chi connectivity index (χ1) is 7.36. The van der Waals surface area contributed by atoms with Crippen LogP contribution in [0.15, 0.2) is 12.3 Å². The van der Waals surface area contributed by atoms with Crippen molar-refractivity contribution in [2.45, 2.75) is 31.6 Å². The van der Waals surface area contributed by atoms with Gasteiger partial charge in [0.05, 0.1) is 5.56 Å². The van der Waals surface area contributed by atoms with Crippen molar-refractivity contribution in [3.8, 4) is 6.07 Å². The van der Waals surface area contributed by atoms with Crippen LogP contribution in [0.5, 0.6) is 0 Å². The van der Waals surface area contributed by atoms with Crippen molar-refractivity contribution < 1.29 is 0 Å². The molecule has 5 heteroatoms. The molecule has 1 heterocycles. The molecule has 1 aromatic heterocycles. The lowest BCUT2D eigenvalue weighted by molar-refractivity contribution is 0.720. The van der Waals surface area contributed by atoms with Crippen LogP contribution in [0.1, 0.15) is 42.7 Å². The van der Waals surface area contributed by atoms with Gasteiger partial charge in [0.1, 0.15) is 11.9 Å². The van der Waals surface area contributed by atoms with E-state index in [2.05, 4.69) is 16.4 Å². The molecule has 0 unspecified atom stereocenters. The lowest BCUT2D eigenvalue weighted by Gasteiger charge is -2.13. The summed E-state index contributed by atoms with van der Waals surface area (Å²) < 4.78 is 0. The Labute approximate surface area is 114 Å². The number of nitrogens with one attached hydrogen (secondary N) is 1. The average Bonchev–Trinajstić information content (AvgIpc) is 2.81. The van der Waals surface area contributed by atoms with Gasteiger partial charge in [-0.25, -0.2) is 4.98 Å². The second kappa shape index (κ2) is 7.37. The van der Waals surface area contributed by atoms with Crippen molar-refractivity contribution in [3.63, 3.8) is 0 Å². The predicted molar refractivity (Wildman–Crippen MR) is 74.2 cm³/mol. The Bertz CT molecular complexity index is 395. The molecule has 0 atom stereocenters. The number of nitriles is 1. The SMILES string of the molecule is CNc1nccc(C2CCCC2)c1C#N.Cl.Cl. The first-order valence-electron chi connectivity index (χ1n) is 5.43. The quantitative estimate of drug-likeness (QED) is 0.897. The minimum Gasteiger partial charge on any atom is -0.372 e. The molecular formula is C12H17Cl2N3. The van der Waals surface area contributed by atoms with Crippen LogP contribution >= 0.6 is 24.8 Å². The molecule has 0 aromatic carbocycles. The van der Waals surface area contributed by atoms with Crippen LogP contribution in [0.4, 0.5) is 5.82 Å². The number of hydrogen-bond donors (Lipinski definition) is 1. The Hall–Kier alpha value is -0.980. The smallest absolute Gasteiger partial charge is 0.143 e. The minimum absolute atomic E-state index is 0. The van der Waals surface area contributed by atoms with E-state index in [1.54, 1.807) is 6.20 Å². The maximum Gasteiger partial charge on any atom is 0.143 e. The Balaban J connectivity index is 0.00000128. The summed E-state index contributed by atoms with van der Waals surface area (Å²) in [6.07, 6.45) is 6.78. The molecule has 1 aliphatic rings. The maximum atomic E-state index is 9.16. The highest BCUT2D eigenvalue weighted by atomic mass is 35.5. The molecule has 1 aliphatic carbocycles. The van der Waals surface area contributed by atoms with E-state index in [4.69, 9.17) is 5.26 Å². The summed E-state index contributed by atoms with van der Waals surface area (Å²) in [6.45, 7) is 0. The van der Waals surface area contributed by atoms with Crippen molar-refractivity contribution in [2.75, 3.05) is 12.4 Å². The van der Waals surface area contributed by atoms with Crippen molar-refractivity contribution in [3.05, 3.63) is 23.4 Å². The molecule has 1 N–H and O–H groups in total. The zero-order valence-electron chi connectivity index (χ0n) is 9.77. The Morgan fingerprint density at radius 1 is 1.35 bits per heavy atom. The highest BCUT2D eigenvalue weighted by molar-refractivity contribution is 5.85. The van der Waals surface area contributed by atoms with Crippen molar-refractivity contribution in [1.82, 2.24) is 4.98 Å². The van der Waals surface area contributed by atoms with Crippen LogP contribution in [0.3, 0.4) is 0 Å². The van der Waals surface area contributed by atoms with Crippen molar-refractivity contribution in [2.24, 2.45) is 0 Å². The highest BCUT2D eigenvalue weighted by Crippen LogP contribution is 2.36. The van der Waals surface area contributed by atoms with Gasteiger partial charge < -0.3 is 5.32 Å². The van der Waals surface area contributed by atoms with Crippen LogP contribution in [0.2, 0.25) is 0 Å². The third-order valence-electron chi connectivity index (χ3n) is 3.13. The molecule has 0 amide bonds. The van der Waals surface area contributed by atoms with Gasteiger partial charge in [0, 0.05) is 13.2 Å². The van der Waals surface area contributed by atoms with E-state index in [0.717, 1.165) is 5.56 Å². The summed E-state index contributed by atoms with van der Waals surface area (Å²) in [5, 5.41) is 12.1. The van der Waals surface area contributed by atoms with Crippen molar-refractivity contribution in [1.29, 1.82) is 5.26 Å². The molecule has 0 spiro atoms. The fourth-order valence-corrected chi connectivity index (χ4v) is 2.36. The molecule has 0 aliphatic heterocycles. The second-order valence-electron chi connectivity index (χ2n) is 3.97. The Kier molecular flexibility index (Phi) is 6.94. The molecule has 0 bridgehead atoms. The van der Waals surface area contributed by atoms with Crippen LogP contribution in [0.25, 0.3) is 0 Å². The third-order valence-corrected chi connectivity index (χ3v) is 3.13. The molecule has 3 nitrogen and oxygen atoms in total. The lowest BCUT2D eigenvalue weighted by atomic mass is 9.94. The van der Waals surface area contributed by atoms with Crippen LogP contribution in [0, 0.1) is 11.3 Å². The number of rotatable bonds is 2. The number of hydrogen-bond acceptors (Lipinski definition) is 3. The number of pyridine rings is 1. The van der Waals surface area contributed by atoms with Crippen LogP contribution in [-0.2, 0) is 0 Å². The highest BCUT2D eigenvalue weighted by Gasteiger charge is 2.21. The molecule has 2 rings (SSSR count). The van der Waals surface area contributed by atoms with E-state index in [0.29, 0.717) is 11.7 Å². The molecule has 0 radical (unpaired) electrons. The average molecular weight is 274 g/mol. The number of anilines is 1. The topological polar surface area (TPSA) is 48.7 Å². The van der Waals surface area contributed by atoms with Gasteiger partial charge in [-0.3, -0.25) is 0 Å². The largest absolute Gasteiger partial charge is 0.372 e. The molecule has 1 saturated carbocycles. The van der Waals surface area contributed by atoms with E-state index in [1.165, 1.54) is 31.2 Å². The molecular weight excluding hydrogens is 257 g/mol. The normalized spacial score (nSPS) is 14.4. The van der Waals surface area contributed by atoms with E-state index < -0.39 is 0 Å². The van der Waals surface area contributed by atoms with Crippen LogP contribution in [-0.4, -0.2) is 12.0 Å². The maximum absolute atomic E-state index is 9.16. The molecule has 1 fully saturated rings. The molecule has 1 aromatic rings. The van der Waals surface area contributed by atoms with Crippen molar-refractivity contribution >= 4 is 30.6 Å². The summed E-state index contributed by atoms with van der Waals surface area (Å²) in [5.41, 5.74) is 1.90. The number of nitrogens with zero attached hydrogens (tertiary/aromatic N) is 2. The van der Waals surface area contributed by atoms with E-state index in [-0.39, 0.29) is 24.8 Å². The second-order valence-corrected chi connectivity index (χ2v) is 3.97. The summed E-state index contributed by atoms with van der Waals surface area (Å²) in [4.78, 5) is 4.17. The molecule has 94 valence electrons. The predicted octanol–water partition coefficient (Wildman–Crippen LogP) is 3.50. The van der Waals surface area contributed by atoms with Gasteiger partial charge in [0.15, 0.2) is 0 Å². The van der Waals surface area contributed by atoms with Gasteiger partial charge in [0.2, 0.25) is 0 Å². The standard InChI is InChI=1S/C12H15N3.2ClH/c1-14-12-11(8-13)10(6-7-15-12)9-4-2-3-5-9;;/h6-7,9H,2-5H2,1H3,(H,14,15);2*1H. The van der Waals surface area contributed by atoms with E-state index in [9.17, 15) is 0 Å². The first kappa shape index (κ1) is 16.0. The Morgan fingerprint density at radius 2 is 2.00 bits per heavy atom. The minimum atomic E-state index is 0. The number of aromatic nitrogens is 1. The van der Waals surface area contributed by atoms with Gasteiger partial charge in [-0.15, -0.1) is 24.8 Å². The third kappa shape index (κ3) is 3.24. The van der Waals surface area contributed by atoms with Gasteiger partial charge in [0.25, 0.3) is 0 Å². The summed E-state index contributed by atoms with van der Waals surface area (Å²) in [7, 11) is 1.81. The Morgan fingerprint density at radius 3 is 2.53 bits per heavy atom. The van der Waals surface area contributed by atoms with Gasteiger partial charge >= 0.3 is 0 Å². The summed E-state index contributed by atoms with van der Waals surface area (Å²) >= 11 is 0. The fourth-order valence-electron chi connectivity index (χ4n) is 2.36. The monoisotopic (exact) mass is 273 g/mol. The summed E-state index contributed by atoms with van der Waals surface area (Å²) in [5.74, 6) is 1.27. The molecule has 0 saturated heterocycles. The van der Waals surface area contributed by atoms with E-state index in [1.807, 2.05) is 13.1 Å². The lowest BCUT2D eigenvalue weighted by Crippen LogP contribution is -2.02. The van der Waals surface area contributed by atoms with E-state index >= 15 is 0 Å².